The molecule has 0 aliphatic carbocycles. The zero-order valence-electron chi connectivity index (χ0n) is 7.11. The Hall–Kier alpha value is -1.36. The Bertz CT molecular complexity index is 281. The predicted molar refractivity (Wildman–Crippen MR) is 44.0 cm³/mol. The number of aryl methyl sites for hydroxylation is 1. The molecule has 12 heavy (non-hydrogen) atoms. The average Bonchev–Trinajstić information content (AvgIpc) is 2.48. The first kappa shape index (κ1) is 8.73. The van der Waals surface area contributed by atoms with Gasteiger partial charge in [0.15, 0.2) is 0 Å². The molecule has 1 heterocycles. The summed E-state index contributed by atoms with van der Waals surface area (Å²) < 4.78 is 1.61. The number of hydrogen-bond donors (Lipinski definition) is 2. The van der Waals surface area contributed by atoms with E-state index in [1.165, 1.54) is 0 Å². The highest BCUT2D eigenvalue weighted by Gasteiger charge is 2.14. The van der Waals surface area contributed by atoms with Crippen molar-refractivity contribution in [2.24, 2.45) is 5.84 Å². The minimum absolute atomic E-state index is 0.248. The molecular formula is C7H12N4O. The number of nitrogens with two attached hydrogens (primary N) is 1. The van der Waals surface area contributed by atoms with Gasteiger partial charge in [-0.05, 0) is 19.9 Å². The van der Waals surface area contributed by atoms with E-state index in [4.69, 9.17) is 5.84 Å². The van der Waals surface area contributed by atoms with Crippen molar-refractivity contribution < 1.29 is 4.79 Å². The molecule has 0 fully saturated rings. The molecule has 66 valence electrons. The zero-order valence-corrected chi connectivity index (χ0v) is 7.11. The Morgan fingerprint density at radius 3 is 2.92 bits per heavy atom. The van der Waals surface area contributed by atoms with Crippen molar-refractivity contribution in [2.75, 3.05) is 0 Å². The molecular weight excluding hydrogens is 156 g/mol. The van der Waals surface area contributed by atoms with Gasteiger partial charge in [-0.25, -0.2) is 5.84 Å². The van der Waals surface area contributed by atoms with E-state index in [0.717, 1.165) is 5.69 Å². The molecule has 1 rings (SSSR count). The van der Waals surface area contributed by atoms with Crippen LogP contribution in [-0.4, -0.2) is 15.7 Å². The SMILES string of the molecule is Cc1ccnn1[C@H](C)C(=O)NN. The van der Waals surface area contributed by atoms with Gasteiger partial charge in [-0.2, -0.15) is 5.10 Å². The number of rotatable bonds is 2. The molecule has 0 saturated carbocycles. The fourth-order valence-electron chi connectivity index (χ4n) is 1.02. The van der Waals surface area contributed by atoms with Crippen LogP contribution >= 0.6 is 0 Å². The van der Waals surface area contributed by atoms with E-state index in [2.05, 4.69) is 10.5 Å². The quantitative estimate of drug-likeness (QED) is 0.363. The fourth-order valence-corrected chi connectivity index (χ4v) is 1.02. The van der Waals surface area contributed by atoms with Gasteiger partial charge in [0.25, 0.3) is 5.91 Å². The summed E-state index contributed by atoms with van der Waals surface area (Å²) in [4.78, 5) is 11.1. The van der Waals surface area contributed by atoms with Crippen LogP contribution in [0.5, 0.6) is 0 Å². The van der Waals surface area contributed by atoms with E-state index in [-0.39, 0.29) is 11.9 Å². The largest absolute Gasteiger partial charge is 0.292 e. The van der Waals surface area contributed by atoms with Crippen LogP contribution < -0.4 is 11.3 Å². The minimum atomic E-state index is -0.356. The number of nitrogens with one attached hydrogen (secondary N) is 1. The van der Waals surface area contributed by atoms with Gasteiger partial charge in [0.2, 0.25) is 0 Å². The fraction of sp³-hybridized carbons (Fsp3) is 0.429. The van der Waals surface area contributed by atoms with Crippen molar-refractivity contribution in [3.8, 4) is 0 Å². The van der Waals surface area contributed by atoms with Crippen LogP contribution in [0.4, 0.5) is 0 Å². The van der Waals surface area contributed by atoms with Crippen LogP contribution in [0.2, 0.25) is 0 Å². The van der Waals surface area contributed by atoms with Crippen LogP contribution in [0.25, 0.3) is 0 Å². The number of carbonyl (C=O) groups excluding carboxylic acids is 1. The third-order valence-corrected chi connectivity index (χ3v) is 1.76. The second-order valence-corrected chi connectivity index (χ2v) is 2.60. The van der Waals surface area contributed by atoms with Gasteiger partial charge in [0.05, 0.1) is 0 Å². The van der Waals surface area contributed by atoms with E-state index in [0.29, 0.717) is 0 Å². The van der Waals surface area contributed by atoms with Crippen LogP contribution in [0.15, 0.2) is 12.3 Å². The lowest BCUT2D eigenvalue weighted by Gasteiger charge is -2.11. The van der Waals surface area contributed by atoms with Crippen molar-refractivity contribution in [3.63, 3.8) is 0 Å². The molecule has 0 unspecified atom stereocenters. The molecule has 0 aliphatic heterocycles. The van der Waals surface area contributed by atoms with Crippen LogP contribution in [0.3, 0.4) is 0 Å². The Kier molecular flexibility index (Phi) is 2.44. The molecule has 1 atom stereocenters. The maximum Gasteiger partial charge on any atom is 0.258 e. The first-order valence-corrected chi connectivity index (χ1v) is 3.67. The highest BCUT2D eigenvalue weighted by molar-refractivity contribution is 5.79. The first-order chi connectivity index (χ1) is 5.66. The van der Waals surface area contributed by atoms with Gasteiger partial charge < -0.3 is 0 Å². The van der Waals surface area contributed by atoms with E-state index < -0.39 is 0 Å². The predicted octanol–water partition coefficient (Wildman–Crippen LogP) is -0.258. The summed E-state index contributed by atoms with van der Waals surface area (Å²) >= 11 is 0. The van der Waals surface area contributed by atoms with Crippen LogP contribution in [0, 0.1) is 6.92 Å². The number of nitrogens with zero attached hydrogens (tertiary/aromatic N) is 2. The van der Waals surface area contributed by atoms with Crippen molar-refractivity contribution >= 4 is 5.91 Å². The van der Waals surface area contributed by atoms with Crippen LogP contribution in [-0.2, 0) is 4.79 Å². The van der Waals surface area contributed by atoms with Crippen molar-refractivity contribution in [2.45, 2.75) is 19.9 Å². The van der Waals surface area contributed by atoms with Gasteiger partial charge >= 0.3 is 0 Å². The highest BCUT2D eigenvalue weighted by atomic mass is 16.2. The van der Waals surface area contributed by atoms with Crippen LogP contribution in [0.1, 0.15) is 18.7 Å². The normalized spacial score (nSPS) is 12.6. The Morgan fingerprint density at radius 2 is 2.50 bits per heavy atom. The average molecular weight is 168 g/mol. The number of amides is 1. The summed E-state index contributed by atoms with van der Waals surface area (Å²) in [6.07, 6.45) is 1.65. The lowest BCUT2D eigenvalue weighted by molar-refractivity contribution is -0.124. The molecule has 1 aromatic heterocycles. The summed E-state index contributed by atoms with van der Waals surface area (Å²) in [7, 11) is 0. The highest BCUT2D eigenvalue weighted by Crippen LogP contribution is 2.06. The van der Waals surface area contributed by atoms with Crippen molar-refractivity contribution in [1.82, 2.24) is 15.2 Å². The summed E-state index contributed by atoms with van der Waals surface area (Å²) in [6.45, 7) is 3.62. The smallest absolute Gasteiger partial charge is 0.258 e. The topological polar surface area (TPSA) is 72.9 Å². The monoisotopic (exact) mass is 168 g/mol. The Balaban J connectivity index is 2.84. The van der Waals surface area contributed by atoms with E-state index in [1.807, 2.05) is 13.0 Å². The first-order valence-electron chi connectivity index (χ1n) is 3.67. The third kappa shape index (κ3) is 1.45. The minimum Gasteiger partial charge on any atom is -0.292 e. The summed E-state index contributed by atoms with van der Waals surface area (Å²) in [5, 5.41) is 3.98. The molecule has 1 amide bonds. The standard InChI is InChI=1S/C7H12N4O/c1-5-3-4-9-11(5)6(2)7(12)10-8/h3-4,6H,8H2,1-2H3,(H,10,12)/t6-/m1/s1. The Labute approximate surface area is 70.5 Å². The van der Waals surface area contributed by atoms with Gasteiger partial charge in [-0.15, -0.1) is 0 Å². The number of hydrazine groups is 1. The van der Waals surface area contributed by atoms with E-state index in [1.54, 1.807) is 17.8 Å². The number of aromatic nitrogens is 2. The molecule has 0 aliphatic rings. The molecule has 0 saturated heterocycles. The van der Waals surface area contributed by atoms with Gasteiger partial charge in [-0.1, -0.05) is 0 Å². The second kappa shape index (κ2) is 3.36. The molecule has 0 aromatic carbocycles. The summed E-state index contributed by atoms with van der Waals surface area (Å²) in [5.74, 6) is 4.74. The molecule has 1 aromatic rings. The second-order valence-electron chi connectivity index (χ2n) is 2.60. The zero-order chi connectivity index (χ0) is 9.14. The van der Waals surface area contributed by atoms with E-state index in [9.17, 15) is 4.79 Å². The summed E-state index contributed by atoms with van der Waals surface area (Å²) in [6, 6.07) is 1.48. The van der Waals surface area contributed by atoms with Crippen molar-refractivity contribution in [3.05, 3.63) is 18.0 Å². The molecule has 0 bridgehead atoms. The third-order valence-electron chi connectivity index (χ3n) is 1.76. The maximum atomic E-state index is 11.1. The Morgan fingerprint density at radius 1 is 1.83 bits per heavy atom. The molecule has 3 N–H and O–H groups in total. The summed E-state index contributed by atoms with van der Waals surface area (Å²) in [5.41, 5.74) is 3.02. The molecule has 5 heteroatoms. The number of hydrogen-bond acceptors (Lipinski definition) is 3. The van der Waals surface area contributed by atoms with Gasteiger partial charge in [0, 0.05) is 11.9 Å². The van der Waals surface area contributed by atoms with Crippen molar-refractivity contribution in [1.29, 1.82) is 0 Å². The van der Waals surface area contributed by atoms with E-state index >= 15 is 0 Å². The lowest BCUT2D eigenvalue weighted by Crippen LogP contribution is -2.36. The molecule has 0 spiro atoms. The molecule has 5 nitrogen and oxygen atoms in total. The van der Waals surface area contributed by atoms with Gasteiger partial charge in [-0.3, -0.25) is 14.9 Å². The van der Waals surface area contributed by atoms with Gasteiger partial charge in [0.1, 0.15) is 6.04 Å². The maximum absolute atomic E-state index is 11.1. The number of carbonyl (C=O) groups is 1. The lowest BCUT2D eigenvalue weighted by atomic mass is 10.3. The molecule has 0 radical (unpaired) electrons.